The molecule has 0 aromatic heterocycles. The van der Waals surface area contributed by atoms with Gasteiger partial charge < -0.3 is 0 Å². The van der Waals surface area contributed by atoms with Crippen LogP contribution in [0.4, 0.5) is 8.78 Å². The maximum absolute atomic E-state index is 12.5. The van der Waals surface area contributed by atoms with Crippen LogP contribution in [0, 0.1) is 11.6 Å². The molecule has 0 saturated heterocycles. The van der Waals surface area contributed by atoms with Crippen LogP contribution in [0.2, 0.25) is 5.02 Å². The van der Waals surface area contributed by atoms with Crippen LogP contribution < -0.4 is 0 Å². The molecule has 0 aliphatic rings. The number of rotatable bonds is 0. The Morgan fingerprint density at radius 1 is 1.30 bits per heavy atom. The van der Waals surface area contributed by atoms with Crippen molar-refractivity contribution >= 4 is 27.5 Å². The fourth-order valence-electron chi connectivity index (χ4n) is 0.525. The molecule has 0 N–H and O–H groups in total. The van der Waals surface area contributed by atoms with Gasteiger partial charge in [-0.2, -0.15) is 0 Å². The highest BCUT2D eigenvalue weighted by Crippen LogP contribution is 2.25. The molecule has 0 spiro atoms. The molecule has 54 valence electrons. The zero-order valence-corrected chi connectivity index (χ0v) is 7.01. The van der Waals surface area contributed by atoms with E-state index < -0.39 is 11.6 Å². The molecular weight excluding hydrogens is 225 g/mol. The maximum atomic E-state index is 12.5. The molecule has 10 heavy (non-hydrogen) atoms. The zero-order valence-electron chi connectivity index (χ0n) is 4.67. The second-order valence-corrected chi connectivity index (χ2v) is 2.88. The van der Waals surface area contributed by atoms with Gasteiger partial charge in [-0.25, -0.2) is 8.78 Å². The average molecular weight is 227 g/mol. The van der Waals surface area contributed by atoms with Gasteiger partial charge in [0.1, 0.15) is 11.6 Å². The van der Waals surface area contributed by atoms with Gasteiger partial charge in [-0.3, -0.25) is 0 Å². The summed E-state index contributed by atoms with van der Waals surface area (Å²) >= 11 is 8.23. The summed E-state index contributed by atoms with van der Waals surface area (Å²) in [5.74, 6) is -1.37. The van der Waals surface area contributed by atoms with Crippen molar-refractivity contribution in [2.45, 2.75) is 0 Å². The van der Waals surface area contributed by atoms with Gasteiger partial charge in [-0.15, -0.1) is 0 Å². The first-order chi connectivity index (χ1) is 4.61. The lowest BCUT2D eigenvalue weighted by atomic mass is 10.3. The third kappa shape index (κ3) is 1.47. The highest BCUT2D eigenvalue weighted by molar-refractivity contribution is 9.10. The highest BCUT2D eigenvalue weighted by Gasteiger charge is 2.05. The van der Waals surface area contributed by atoms with Crippen LogP contribution in [0.25, 0.3) is 0 Å². The SMILES string of the molecule is Fc1cc(F)c(Br)c(Cl)c1. The van der Waals surface area contributed by atoms with Gasteiger partial charge in [0.25, 0.3) is 0 Å². The topological polar surface area (TPSA) is 0 Å². The van der Waals surface area contributed by atoms with Gasteiger partial charge >= 0.3 is 0 Å². The van der Waals surface area contributed by atoms with Crippen molar-refractivity contribution in [3.8, 4) is 0 Å². The van der Waals surface area contributed by atoms with Gasteiger partial charge in [-0.1, -0.05) is 11.6 Å². The average Bonchev–Trinajstić information content (AvgIpc) is 1.82. The predicted molar refractivity (Wildman–Crippen MR) is 39.1 cm³/mol. The Morgan fingerprint density at radius 2 is 1.90 bits per heavy atom. The van der Waals surface area contributed by atoms with E-state index in [2.05, 4.69) is 15.9 Å². The van der Waals surface area contributed by atoms with Crippen molar-refractivity contribution in [3.05, 3.63) is 33.3 Å². The van der Waals surface area contributed by atoms with Crippen molar-refractivity contribution in [1.82, 2.24) is 0 Å². The van der Waals surface area contributed by atoms with E-state index in [0.29, 0.717) is 0 Å². The third-order valence-corrected chi connectivity index (χ3v) is 2.28. The Bertz CT molecular complexity index is 239. The van der Waals surface area contributed by atoms with Crippen LogP contribution in [0.3, 0.4) is 0 Å². The first-order valence-corrected chi connectivity index (χ1v) is 3.58. The molecular formula is C6H2BrClF2. The zero-order chi connectivity index (χ0) is 7.72. The summed E-state index contributed by atoms with van der Waals surface area (Å²) in [5.41, 5.74) is 0. The van der Waals surface area contributed by atoms with Gasteiger partial charge in [-0.05, 0) is 22.0 Å². The molecule has 0 atom stereocenters. The summed E-state index contributed by atoms with van der Waals surface area (Å²) in [7, 11) is 0. The van der Waals surface area contributed by atoms with Crippen molar-refractivity contribution in [3.63, 3.8) is 0 Å². The molecule has 0 nitrogen and oxygen atoms in total. The van der Waals surface area contributed by atoms with Crippen molar-refractivity contribution in [2.75, 3.05) is 0 Å². The number of hydrogen-bond donors (Lipinski definition) is 0. The van der Waals surface area contributed by atoms with Gasteiger partial charge in [0.05, 0.1) is 9.50 Å². The summed E-state index contributed by atoms with van der Waals surface area (Å²) < 4.78 is 24.8. The molecule has 0 amide bonds. The fourth-order valence-corrected chi connectivity index (χ4v) is 0.948. The van der Waals surface area contributed by atoms with E-state index >= 15 is 0 Å². The lowest BCUT2D eigenvalue weighted by Gasteiger charge is -1.96. The van der Waals surface area contributed by atoms with Crippen molar-refractivity contribution in [1.29, 1.82) is 0 Å². The first-order valence-electron chi connectivity index (χ1n) is 2.41. The molecule has 0 fully saturated rings. The van der Waals surface area contributed by atoms with E-state index in [4.69, 9.17) is 11.6 Å². The molecule has 0 heterocycles. The van der Waals surface area contributed by atoms with E-state index in [9.17, 15) is 8.78 Å². The molecule has 0 bridgehead atoms. The van der Waals surface area contributed by atoms with E-state index in [-0.39, 0.29) is 9.50 Å². The molecule has 1 aromatic rings. The molecule has 4 heteroatoms. The van der Waals surface area contributed by atoms with E-state index in [1.807, 2.05) is 0 Å². The quantitative estimate of drug-likeness (QED) is 0.471. The standard InChI is InChI=1S/C6H2BrClF2/c7-6-4(8)1-3(9)2-5(6)10/h1-2H. The maximum Gasteiger partial charge on any atom is 0.141 e. The second-order valence-electron chi connectivity index (χ2n) is 1.68. The van der Waals surface area contributed by atoms with E-state index in [0.717, 1.165) is 12.1 Å². The van der Waals surface area contributed by atoms with Gasteiger partial charge in [0.15, 0.2) is 0 Å². The molecule has 0 unspecified atom stereocenters. The Balaban J connectivity index is 3.31. The molecule has 0 saturated carbocycles. The molecule has 0 aliphatic carbocycles. The minimum Gasteiger partial charge on any atom is -0.207 e. The Labute approximate surface area is 69.9 Å². The largest absolute Gasteiger partial charge is 0.207 e. The summed E-state index contributed by atoms with van der Waals surface area (Å²) in [6, 6.07) is 1.80. The number of benzene rings is 1. The summed E-state index contributed by atoms with van der Waals surface area (Å²) in [6.07, 6.45) is 0. The van der Waals surface area contributed by atoms with E-state index in [1.54, 1.807) is 0 Å². The minimum absolute atomic E-state index is 0.0394. The number of hydrogen-bond acceptors (Lipinski definition) is 0. The lowest BCUT2D eigenvalue weighted by Crippen LogP contribution is -1.81. The second kappa shape index (κ2) is 2.84. The number of halogens is 4. The van der Waals surface area contributed by atoms with Crippen LogP contribution in [-0.2, 0) is 0 Å². The summed E-state index contributed by atoms with van der Waals surface area (Å²) in [6.45, 7) is 0. The smallest absolute Gasteiger partial charge is 0.141 e. The molecule has 0 radical (unpaired) electrons. The summed E-state index contributed by atoms with van der Waals surface area (Å²) in [4.78, 5) is 0. The van der Waals surface area contributed by atoms with Crippen LogP contribution in [0.15, 0.2) is 16.6 Å². The fraction of sp³-hybridized carbons (Fsp3) is 0. The third-order valence-electron chi connectivity index (χ3n) is 0.949. The first kappa shape index (κ1) is 7.95. The monoisotopic (exact) mass is 226 g/mol. The lowest BCUT2D eigenvalue weighted by molar-refractivity contribution is 0.579. The normalized spacial score (nSPS) is 10.0. The minimum atomic E-state index is -0.690. The molecule has 1 aromatic carbocycles. The van der Waals surface area contributed by atoms with Crippen LogP contribution in [0.1, 0.15) is 0 Å². The van der Waals surface area contributed by atoms with Crippen molar-refractivity contribution in [2.24, 2.45) is 0 Å². The Morgan fingerprint density at radius 3 is 2.40 bits per heavy atom. The summed E-state index contributed by atoms with van der Waals surface area (Å²) in [5, 5.41) is 0.0394. The van der Waals surface area contributed by atoms with Crippen LogP contribution >= 0.6 is 27.5 Å². The Hall–Kier alpha value is -0.150. The van der Waals surface area contributed by atoms with E-state index in [1.165, 1.54) is 0 Å². The van der Waals surface area contributed by atoms with Crippen LogP contribution in [-0.4, -0.2) is 0 Å². The molecule has 0 aliphatic heterocycles. The van der Waals surface area contributed by atoms with Crippen molar-refractivity contribution < 1.29 is 8.78 Å². The highest BCUT2D eigenvalue weighted by atomic mass is 79.9. The van der Waals surface area contributed by atoms with Gasteiger partial charge in [0, 0.05) is 6.07 Å². The van der Waals surface area contributed by atoms with Crippen LogP contribution in [0.5, 0.6) is 0 Å². The predicted octanol–water partition coefficient (Wildman–Crippen LogP) is 3.38. The molecule has 1 rings (SSSR count). The Kier molecular flexibility index (Phi) is 2.26. The van der Waals surface area contributed by atoms with Gasteiger partial charge in [0.2, 0.25) is 0 Å².